The minimum atomic E-state index is -0.770. The van der Waals surface area contributed by atoms with Crippen LogP contribution in [0.1, 0.15) is 36.0 Å². The second-order valence-electron chi connectivity index (χ2n) is 5.34. The van der Waals surface area contributed by atoms with E-state index in [9.17, 15) is 9.59 Å². The summed E-state index contributed by atoms with van der Waals surface area (Å²) in [6, 6.07) is 4.92. The number of carbonyl (C=O) groups excluding carboxylic acids is 1. The van der Waals surface area contributed by atoms with Crippen molar-refractivity contribution in [3.63, 3.8) is 0 Å². The Morgan fingerprint density at radius 1 is 1.40 bits per heavy atom. The number of amides is 1. The molecule has 0 heterocycles. The van der Waals surface area contributed by atoms with Crippen LogP contribution < -0.4 is 11.1 Å². The third-order valence-corrected chi connectivity index (χ3v) is 4.16. The first kappa shape index (κ1) is 14.7. The number of carboxylic acids is 1. The summed E-state index contributed by atoms with van der Waals surface area (Å²) < 4.78 is 0. The van der Waals surface area contributed by atoms with Crippen LogP contribution in [-0.4, -0.2) is 23.5 Å². The van der Waals surface area contributed by atoms with E-state index in [0.717, 1.165) is 24.9 Å². The monoisotopic (exact) mass is 296 g/mol. The molecule has 5 nitrogen and oxygen atoms in total. The van der Waals surface area contributed by atoms with Crippen LogP contribution in [-0.2, 0) is 4.79 Å². The van der Waals surface area contributed by atoms with Gasteiger partial charge in [-0.3, -0.25) is 9.59 Å². The SMILES string of the molecule is NC(=O)c1ccc(NCC2(CC(=O)O)CCC2)cc1Cl. The molecule has 1 aliphatic rings. The van der Waals surface area contributed by atoms with Crippen molar-refractivity contribution < 1.29 is 14.7 Å². The number of primary amides is 1. The van der Waals surface area contributed by atoms with Crippen LogP contribution in [0.3, 0.4) is 0 Å². The fourth-order valence-corrected chi connectivity index (χ4v) is 2.80. The van der Waals surface area contributed by atoms with Gasteiger partial charge < -0.3 is 16.2 Å². The average molecular weight is 297 g/mol. The third-order valence-electron chi connectivity index (χ3n) is 3.84. The summed E-state index contributed by atoms with van der Waals surface area (Å²) in [4.78, 5) is 22.0. The zero-order valence-corrected chi connectivity index (χ0v) is 11.7. The van der Waals surface area contributed by atoms with Gasteiger partial charge in [-0.05, 0) is 36.5 Å². The number of carbonyl (C=O) groups is 2. The van der Waals surface area contributed by atoms with E-state index in [1.807, 2.05) is 0 Å². The molecule has 0 aliphatic heterocycles. The molecular formula is C14H17ClN2O3. The number of aliphatic carboxylic acids is 1. The molecule has 1 aromatic carbocycles. The molecule has 1 saturated carbocycles. The number of carboxylic acid groups (broad SMARTS) is 1. The van der Waals surface area contributed by atoms with Crippen molar-refractivity contribution in [2.24, 2.45) is 11.1 Å². The van der Waals surface area contributed by atoms with Crippen LogP contribution in [0.25, 0.3) is 0 Å². The van der Waals surface area contributed by atoms with E-state index >= 15 is 0 Å². The number of nitrogens with one attached hydrogen (secondary N) is 1. The van der Waals surface area contributed by atoms with Gasteiger partial charge in [0.15, 0.2) is 0 Å². The number of benzene rings is 1. The van der Waals surface area contributed by atoms with Gasteiger partial charge in [0.25, 0.3) is 0 Å². The normalized spacial score (nSPS) is 16.2. The molecule has 1 amide bonds. The first-order valence-corrected chi connectivity index (χ1v) is 6.85. The summed E-state index contributed by atoms with van der Waals surface area (Å²) in [7, 11) is 0. The summed E-state index contributed by atoms with van der Waals surface area (Å²) in [5.41, 5.74) is 6.06. The average Bonchev–Trinajstić information content (AvgIpc) is 2.31. The Labute approximate surface area is 122 Å². The van der Waals surface area contributed by atoms with E-state index in [0.29, 0.717) is 11.6 Å². The second-order valence-corrected chi connectivity index (χ2v) is 5.74. The maximum atomic E-state index is 11.1. The molecule has 0 aromatic heterocycles. The van der Waals surface area contributed by atoms with Gasteiger partial charge in [-0.15, -0.1) is 0 Å². The predicted molar refractivity (Wildman–Crippen MR) is 77.0 cm³/mol. The lowest BCUT2D eigenvalue weighted by Gasteiger charge is -2.41. The lowest BCUT2D eigenvalue weighted by Crippen LogP contribution is -2.38. The lowest BCUT2D eigenvalue weighted by molar-refractivity contribution is -0.141. The molecule has 4 N–H and O–H groups in total. The van der Waals surface area contributed by atoms with Gasteiger partial charge in [-0.25, -0.2) is 0 Å². The van der Waals surface area contributed by atoms with Crippen LogP contribution in [0.2, 0.25) is 5.02 Å². The van der Waals surface area contributed by atoms with Crippen LogP contribution in [0.5, 0.6) is 0 Å². The topological polar surface area (TPSA) is 92.4 Å². The second kappa shape index (κ2) is 5.71. The molecule has 0 radical (unpaired) electrons. The molecular weight excluding hydrogens is 280 g/mol. The van der Waals surface area contributed by atoms with Crippen molar-refractivity contribution in [2.45, 2.75) is 25.7 Å². The smallest absolute Gasteiger partial charge is 0.303 e. The van der Waals surface area contributed by atoms with E-state index in [1.54, 1.807) is 18.2 Å². The van der Waals surface area contributed by atoms with E-state index in [1.165, 1.54) is 0 Å². The Morgan fingerprint density at radius 2 is 2.10 bits per heavy atom. The van der Waals surface area contributed by atoms with E-state index in [-0.39, 0.29) is 17.4 Å². The highest BCUT2D eigenvalue weighted by Gasteiger charge is 2.38. The van der Waals surface area contributed by atoms with Crippen LogP contribution in [0, 0.1) is 5.41 Å². The van der Waals surface area contributed by atoms with E-state index in [2.05, 4.69) is 5.32 Å². The molecule has 0 saturated heterocycles. The minimum Gasteiger partial charge on any atom is -0.481 e. The Balaban J connectivity index is 2.02. The van der Waals surface area contributed by atoms with Gasteiger partial charge >= 0.3 is 5.97 Å². The van der Waals surface area contributed by atoms with Crippen molar-refractivity contribution in [2.75, 3.05) is 11.9 Å². The summed E-state index contributed by atoms with van der Waals surface area (Å²) in [6.45, 7) is 0.589. The van der Waals surface area contributed by atoms with Gasteiger partial charge in [0.1, 0.15) is 0 Å². The van der Waals surface area contributed by atoms with Crippen molar-refractivity contribution in [1.29, 1.82) is 0 Å². The summed E-state index contributed by atoms with van der Waals surface area (Å²) in [5, 5.41) is 12.4. The van der Waals surface area contributed by atoms with Crippen molar-refractivity contribution >= 4 is 29.2 Å². The molecule has 2 rings (SSSR count). The molecule has 1 aliphatic carbocycles. The van der Waals surface area contributed by atoms with Gasteiger partial charge in [0, 0.05) is 12.2 Å². The van der Waals surface area contributed by atoms with Gasteiger partial charge in [-0.1, -0.05) is 18.0 Å². The Hall–Kier alpha value is -1.75. The highest BCUT2D eigenvalue weighted by molar-refractivity contribution is 6.34. The Morgan fingerprint density at radius 3 is 2.55 bits per heavy atom. The molecule has 1 fully saturated rings. The van der Waals surface area contributed by atoms with Gasteiger partial charge in [-0.2, -0.15) is 0 Å². The van der Waals surface area contributed by atoms with Crippen molar-refractivity contribution in [1.82, 2.24) is 0 Å². The molecule has 0 unspecified atom stereocenters. The van der Waals surface area contributed by atoms with E-state index < -0.39 is 11.9 Å². The van der Waals surface area contributed by atoms with Crippen molar-refractivity contribution in [3.05, 3.63) is 28.8 Å². The highest BCUT2D eigenvalue weighted by Crippen LogP contribution is 2.44. The number of halogens is 1. The number of rotatable bonds is 6. The molecule has 20 heavy (non-hydrogen) atoms. The molecule has 1 aromatic rings. The predicted octanol–water partition coefficient (Wildman–Crippen LogP) is 2.50. The number of anilines is 1. The Kier molecular flexibility index (Phi) is 4.18. The van der Waals surface area contributed by atoms with Crippen LogP contribution in [0.4, 0.5) is 5.69 Å². The fraction of sp³-hybridized carbons (Fsp3) is 0.429. The summed E-state index contributed by atoms with van der Waals surface area (Å²) >= 11 is 5.97. The summed E-state index contributed by atoms with van der Waals surface area (Å²) in [6.07, 6.45) is 3.07. The van der Waals surface area contributed by atoms with Crippen molar-refractivity contribution in [3.8, 4) is 0 Å². The third kappa shape index (κ3) is 3.22. The quantitative estimate of drug-likeness (QED) is 0.752. The minimum absolute atomic E-state index is 0.166. The number of nitrogens with two attached hydrogens (primary N) is 1. The maximum Gasteiger partial charge on any atom is 0.303 e. The molecule has 0 spiro atoms. The first-order chi connectivity index (χ1) is 9.42. The lowest BCUT2D eigenvalue weighted by atomic mass is 9.66. The largest absolute Gasteiger partial charge is 0.481 e. The molecule has 108 valence electrons. The number of hydrogen-bond acceptors (Lipinski definition) is 3. The zero-order chi connectivity index (χ0) is 14.8. The fourth-order valence-electron chi connectivity index (χ4n) is 2.53. The summed E-state index contributed by atoms with van der Waals surface area (Å²) in [5.74, 6) is -1.34. The van der Waals surface area contributed by atoms with E-state index in [4.69, 9.17) is 22.4 Å². The molecule has 0 bridgehead atoms. The standard InChI is InChI=1S/C14H17ClN2O3/c15-11-6-9(2-3-10(11)13(16)20)17-8-14(4-1-5-14)7-12(18)19/h2-3,6,17H,1,4-5,7-8H2,(H2,16,20)(H,18,19). The van der Waals surface area contributed by atoms with Crippen LogP contribution in [0.15, 0.2) is 18.2 Å². The zero-order valence-electron chi connectivity index (χ0n) is 11.0. The number of hydrogen-bond donors (Lipinski definition) is 3. The maximum absolute atomic E-state index is 11.1. The highest BCUT2D eigenvalue weighted by atomic mass is 35.5. The van der Waals surface area contributed by atoms with Gasteiger partial charge in [0.05, 0.1) is 17.0 Å². The van der Waals surface area contributed by atoms with Crippen LogP contribution >= 0.6 is 11.6 Å². The van der Waals surface area contributed by atoms with Gasteiger partial charge in [0.2, 0.25) is 5.91 Å². The molecule has 0 atom stereocenters. The first-order valence-electron chi connectivity index (χ1n) is 6.47. The molecule has 6 heteroatoms. The Bertz CT molecular complexity index is 541.